The van der Waals surface area contributed by atoms with Crippen LogP contribution in [0.15, 0.2) is 18.2 Å². The molecule has 0 saturated heterocycles. The number of hydrogen-bond acceptors (Lipinski definition) is 1. The van der Waals surface area contributed by atoms with Crippen LogP contribution in [-0.4, -0.2) is 6.61 Å². The monoisotopic (exact) mass is 320 g/mol. The number of hydrogen-bond donors (Lipinski definition) is 0. The molecule has 2 heteroatoms. The molecule has 0 unspecified atom stereocenters. The van der Waals surface area contributed by atoms with E-state index >= 15 is 0 Å². The number of benzene rings is 1. The number of rotatable bonds is 9. The Bertz CT molecular complexity index is 449. The van der Waals surface area contributed by atoms with Gasteiger partial charge in [-0.15, -0.1) is 0 Å². The van der Waals surface area contributed by atoms with Crippen molar-refractivity contribution in [3.05, 3.63) is 29.6 Å². The van der Waals surface area contributed by atoms with Crippen molar-refractivity contribution < 1.29 is 9.13 Å². The van der Waals surface area contributed by atoms with E-state index in [1.54, 1.807) is 6.07 Å². The van der Waals surface area contributed by atoms with E-state index in [0.29, 0.717) is 18.3 Å². The van der Waals surface area contributed by atoms with Gasteiger partial charge in [0, 0.05) is 0 Å². The van der Waals surface area contributed by atoms with Gasteiger partial charge in [0.1, 0.15) is 0 Å². The van der Waals surface area contributed by atoms with Crippen LogP contribution in [0.25, 0.3) is 0 Å². The van der Waals surface area contributed by atoms with Crippen molar-refractivity contribution >= 4 is 0 Å². The molecule has 0 radical (unpaired) electrons. The van der Waals surface area contributed by atoms with Gasteiger partial charge in [0.25, 0.3) is 0 Å². The minimum atomic E-state index is -0.188. The van der Waals surface area contributed by atoms with E-state index in [4.69, 9.17) is 4.74 Å². The zero-order valence-corrected chi connectivity index (χ0v) is 15.0. The molecule has 0 aromatic heterocycles. The molecule has 0 heterocycles. The molecule has 0 aliphatic heterocycles. The van der Waals surface area contributed by atoms with Gasteiger partial charge < -0.3 is 4.74 Å². The van der Waals surface area contributed by atoms with Crippen LogP contribution in [0.2, 0.25) is 0 Å². The summed E-state index contributed by atoms with van der Waals surface area (Å²) in [7, 11) is 0. The van der Waals surface area contributed by atoms with E-state index in [1.165, 1.54) is 44.9 Å². The lowest BCUT2D eigenvalue weighted by Crippen LogP contribution is -2.13. The maximum Gasteiger partial charge on any atom is 0.165 e. The summed E-state index contributed by atoms with van der Waals surface area (Å²) in [6.45, 7) is 5.04. The highest BCUT2D eigenvalue weighted by Gasteiger charge is 2.22. The SMILES string of the molecule is CCCCCOc1ccc(C2CCC(CCCC)CC2)cc1F. The standard InChI is InChI=1S/C21H33FO/c1-3-5-7-15-23-21-14-13-19(16-20(21)22)18-11-9-17(10-12-18)8-6-4-2/h13-14,16-18H,3-12,15H2,1-2H3. The van der Waals surface area contributed by atoms with Crippen molar-refractivity contribution in [3.63, 3.8) is 0 Å². The second kappa shape index (κ2) is 9.95. The van der Waals surface area contributed by atoms with Gasteiger partial charge in [-0.2, -0.15) is 0 Å². The van der Waals surface area contributed by atoms with E-state index in [0.717, 1.165) is 30.7 Å². The summed E-state index contributed by atoms with van der Waals surface area (Å²) >= 11 is 0. The maximum atomic E-state index is 14.2. The average Bonchev–Trinajstić information content (AvgIpc) is 2.58. The summed E-state index contributed by atoms with van der Waals surface area (Å²) in [4.78, 5) is 0. The molecule has 1 aliphatic carbocycles. The Kier molecular flexibility index (Phi) is 7.91. The van der Waals surface area contributed by atoms with Crippen LogP contribution in [0.5, 0.6) is 5.75 Å². The molecule has 2 rings (SSSR count). The molecule has 0 atom stereocenters. The molecule has 23 heavy (non-hydrogen) atoms. The number of unbranched alkanes of at least 4 members (excludes halogenated alkanes) is 3. The Hall–Kier alpha value is -1.05. The first-order valence-electron chi connectivity index (χ1n) is 9.66. The number of ether oxygens (including phenoxy) is 1. The predicted octanol–water partition coefficient (Wildman–Crippen LogP) is 6.86. The van der Waals surface area contributed by atoms with Gasteiger partial charge in [-0.1, -0.05) is 52.0 Å². The van der Waals surface area contributed by atoms with Crippen molar-refractivity contribution in [1.29, 1.82) is 0 Å². The lowest BCUT2D eigenvalue weighted by atomic mass is 9.77. The summed E-state index contributed by atoms with van der Waals surface area (Å²) < 4.78 is 19.8. The van der Waals surface area contributed by atoms with E-state index in [-0.39, 0.29) is 5.82 Å². The van der Waals surface area contributed by atoms with E-state index in [1.807, 2.05) is 6.07 Å². The normalized spacial score (nSPS) is 21.3. The Morgan fingerprint density at radius 2 is 1.74 bits per heavy atom. The average molecular weight is 320 g/mol. The highest BCUT2D eigenvalue weighted by Crippen LogP contribution is 2.38. The summed E-state index contributed by atoms with van der Waals surface area (Å²) in [6.07, 6.45) is 12.4. The summed E-state index contributed by atoms with van der Waals surface area (Å²) in [5, 5.41) is 0. The molecular weight excluding hydrogens is 287 g/mol. The molecule has 1 aromatic carbocycles. The summed E-state index contributed by atoms with van der Waals surface area (Å²) in [6, 6.07) is 5.63. The Morgan fingerprint density at radius 3 is 2.39 bits per heavy atom. The van der Waals surface area contributed by atoms with Crippen LogP contribution in [0, 0.1) is 11.7 Å². The first-order chi connectivity index (χ1) is 11.2. The van der Waals surface area contributed by atoms with Crippen LogP contribution in [0.3, 0.4) is 0 Å². The third-order valence-electron chi connectivity index (χ3n) is 5.25. The predicted molar refractivity (Wildman–Crippen MR) is 95.6 cm³/mol. The zero-order chi connectivity index (χ0) is 16.5. The Morgan fingerprint density at radius 1 is 1.00 bits per heavy atom. The first-order valence-corrected chi connectivity index (χ1v) is 9.66. The molecule has 0 N–H and O–H groups in total. The fourth-order valence-corrected chi connectivity index (χ4v) is 3.70. The minimum absolute atomic E-state index is 0.188. The molecule has 0 bridgehead atoms. The molecule has 0 spiro atoms. The molecule has 1 nitrogen and oxygen atoms in total. The van der Waals surface area contributed by atoms with Crippen LogP contribution in [0.1, 0.15) is 89.5 Å². The minimum Gasteiger partial charge on any atom is -0.491 e. The molecule has 130 valence electrons. The van der Waals surface area contributed by atoms with Crippen molar-refractivity contribution in [2.75, 3.05) is 6.61 Å². The second-order valence-corrected chi connectivity index (χ2v) is 7.11. The highest BCUT2D eigenvalue weighted by molar-refractivity contribution is 5.31. The summed E-state index contributed by atoms with van der Waals surface area (Å²) in [5.74, 6) is 1.67. The molecule has 1 aromatic rings. The zero-order valence-electron chi connectivity index (χ0n) is 15.0. The van der Waals surface area contributed by atoms with Crippen molar-refractivity contribution in [1.82, 2.24) is 0 Å². The third kappa shape index (κ3) is 5.82. The quantitative estimate of drug-likeness (QED) is 0.452. The molecule has 1 fully saturated rings. The fourth-order valence-electron chi connectivity index (χ4n) is 3.70. The van der Waals surface area contributed by atoms with Crippen LogP contribution in [0.4, 0.5) is 4.39 Å². The molecular formula is C21H33FO. The van der Waals surface area contributed by atoms with E-state index in [2.05, 4.69) is 19.9 Å². The van der Waals surface area contributed by atoms with Gasteiger partial charge in [0.2, 0.25) is 0 Å². The lowest BCUT2D eigenvalue weighted by molar-refractivity contribution is 0.289. The molecule has 1 saturated carbocycles. The highest BCUT2D eigenvalue weighted by atomic mass is 19.1. The topological polar surface area (TPSA) is 9.23 Å². The van der Waals surface area contributed by atoms with Gasteiger partial charge in [0.05, 0.1) is 6.61 Å². The van der Waals surface area contributed by atoms with Crippen molar-refractivity contribution in [2.45, 2.75) is 84.0 Å². The fraction of sp³-hybridized carbons (Fsp3) is 0.714. The summed E-state index contributed by atoms with van der Waals surface area (Å²) in [5.41, 5.74) is 1.16. The molecule has 0 amide bonds. The van der Waals surface area contributed by atoms with Gasteiger partial charge >= 0.3 is 0 Å². The van der Waals surface area contributed by atoms with E-state index < -0.39 is 0 Å². The first kappa shape index (κ1) is 18.3. The van der Waals surface area contributed by atoms with E-state index in [9.17, 15) is 4.39 Å². The Balaban J connectivity index is 1.83. The van der Waals surface area contributed by atoms with Crippen LogP contribution in [-0.2, 0) is 0 Å². The molecule has 1 aliphatic rings. The largest absolute Gasteiger partial charge is 0.491 e. The van der Waals surface area contributed by atoms with Gasteiger partial charge in [-0.05, 0) is 61.6 Å². The smallest absolute Gasteiger partial charge is 0.165 e. The van der Waals surface area contributed by atoms with Gasteiger partial charge in [-0.3, -0.25) is 0 Å². The van der Waals surface area contributed by atoms with Crippen LogP contribution >= 0.6 is 0 Å². The second-order valence-electron chi connectivity index (χ2n) is 7.11. The van der Waals surface area contributed by atoms with Gasteiger partial charge in [0.15, 0.2) is 11.6 Å². The van der Waals surface area contributed by atoms with Gasteiger partial charge in [-0.25, -0.2) is 4.39 Å². The maximum absolute atomic E-state index is 14.2. The third-order valence-corrected chi connectivity index (χ3v) is 5.25. The van der Waals surface area contributed by atoms with Crippen molar-refractivity contribution in [2.24, 2.45) is 5.92 Å². The lowest BCUT2D eigenvalue weighted by Gasteiger charge is -2.29. The van der Waals surface area contributed by atoms with Crippen LogP contribution < -0.4 is 4.74 Å². The Labute approximate surface area is 141 Å². The number of halogens is 1. The van der Waals surface area contributed by atoms with Crippen molar-refractivity contribution in [3.8, 4) is 5.75 Å².